The summed E-state index contributed by atoms with van der Waals surface area (Å²) in [6, 6.07) is -1.92. The van der Waals surface area contributed by atoms with Crippen molar-refractivity contribution < 1.29 is 64.6 Å². The van der Waals surface area contributed by atoms with Crippen LogP contribution < -0.4 is 22.3 Å². The lowest BCUT2D eigenvalue weighted by Crippen LogP contribution is -2.68. The summed E-state index contributed by atoms with van der Waals surface area (Å²) in [6.45, 7) is 9.50. The topological polar surface area (TPSA) is 309 Å². The summed E-state index contributed by atoms with van der Waals surface area (Å²) in [4.78, 5) is 39.0. The standard InChI is InChI=1S/C33H54N4O15/c1-13(2)14(3)11-33(4,5)8-6-18(40)35-21-25(45)22(42)16(49-31(21)52-30-20(34)24(44)23(43)17(12-38)50-30)10-15(39)28-26(46)27(47)29(51-28)37-9-7-19(41)36-32(37)48/h6-9,13-17,20-31,38-39,42-47H,10-12,34H2,1-5H3,(H,35,40)(H,36,41,48)/b8-6+/t14?,15-,16-,17+,20?,21?,22?,23?,24?,25?,26+,27-,28?,29-,30-,31+/m1/s1. The Morgan fingerprint density at radius 2 is 1.62 bits per heavy atom. The van der Waals surface area contributed by atoms with Gasteiger partial charge in [0.2, 0.25) is 5.91 Å². The fraction of sp³-hybridized carbons (Fsp3) is 0.788. The Bertz CT molecular complexity index is 1490. The molecule has 4 rings (SSSR count). The molecule has 0 saturated carbocycles. The molecule has 3 saturated heterocycles. The second-order valence-electron chi connectivity index (χ2n) is 15.0. The largest absolute Gasteiger partial charge is 0.394 e. The Morgan fingerprint density at radius 1 is 0.981 bits per heavy atom. The number of allylic oxidation sites excluding steroid dienone is 1. The fourth-order valence-electron chi connectivity index (χ4n) is 6.63. The number of aliphatic hydroxyl groups is 8. The Morgan fingerprint density at radius 3 is 2.23 bits per heavy atom. The molecule has 0 bridgehead atoms. The molecule has 3 fully saturated rings. The van der Waals surface area contributed by atoms with Crippen LogP contribution in [0.2, 0.25) is 0 Å². The van der Waals surface area contributed by atoms with Gasteiger partial charge in [-0.05, 0) is 29.7 Å². The van der Waals surface area contributed by atoms with Crippen molar-refractivity contribution in [3.8, 4) is 0 Å². The number of rotatable bonds is 13. The molecule has 1 aromatic heterocycles. The molecule has 19 heteroatoms. The lowest BCUT2D eigenvalue weighted by atomic mass is 9.79. The maximum atomic E-state index is 13.2. The Balaban J connectivity index is 1.55. The molecular weight excluding hydrogens is 692 g/mol. The van der Waals surface area contributed by atoms with Gasteiger partial charge in [-0.3, -0.25) is 19.1 Å². The minimum atomic E-state index is -1.82. The van der Waals surface area contributed by atoms with Crippen LogP contribution >= 0.6 is 0 Å². The molecule has 19 nitrogen and oxygen atoms in total. The summed E-state index contributed by atoms with van der Waals surface area (Å²) >= 11 is 0. The van der Waals surface area contributed by atoms with Crippen LogP contribution in [0.25, 0.3) is 0 Å². The van der Waals surface area contributed by atoms with Crippen molar-refractivity contribution in [2.24, 2.45) is 23.0 Å². The first-order valence-electron chi connectivity index (χ1n) is 17.3. The molecule has 3 aliphatic rings. The van der Waals surface area contributed by atoms with Crippen LogP contribution in [0.15, 0.2) is 34.0 Å². The SMILES string of the molecule is CC(C)C(C)CC(C)(C)/C=C/C(=O)NC1C(O)C(O)[C@@H](C[C@@H](O)C2O[C@@H](n3ccc(=O)[nH]c3=O)[C@H](O)[C@@H]2O)O[C@H]1O[C@H]1O[C@@H](CO)C(O)C(O)C1N. The molecule has 0 aromatic carbocycles. The van der Waals surface area contributed by atoms with Gasteiger partial charge in [-0.1, -0.05) is 40.7 Å². The Kier molecular flexibility index (Phi) is 14.0. The van der Waals surface area contributed by atoms with Crippen molar-refractivity contribution in [3.05, 3.63) is 45.3 Å². The minimum Gasteiger partial charge on any atom is -0.394 e. The number of aromatic amines is 1. The molecule has 4 heterocycles. The molecule has 52 heavy (non-hydrogen) atoms. The number of nitrogens with two attached hydrogens (primary N) is 1. The highest BCUT2D eigenvalue weighted by atomic mass is 16.8. The van der Waals surface area contributed by atoms with E-state index < -0.39 is 122 Å². The molecule has 0 spiro atoms. The van der Waals surface area contributed by atoms with E-state index in [1.807, 2.05) is 18.8 Å². The molecule has 3 aliphatic heterocycles. The van der Waals surface area contributed by atoms with E-state index in [-0.39, 0.29) is 5.41 Å². The number of carbonyl (C=O) groups excluding carboxylic acids is 1. The minimum absolute atomic E-state index is 0.351. The van der Waals surface area contributed by atoms with Gasteiger partial charge >= 0.3 is 5.69 Å². The van der Waals surface area contributed by atoms with Gasteiger partial charge in [0.15, 0.2) is 18.8 Å². The number of nitrogens with zero attached hydrogens (tertiary/aromatic N) is 1. The average Bonchev–Trinajstić information content (AvgIpc) is 3.37. The number of hydrogen-bond donors (Lipinski definition) is 11. The van der Waals surface area contributed by atoms with Gasteiger partial charge in [0.05, 0.1) is 24.9 Å². The van der Waals surface area contributed by atoms with Crippen LogP contribution in [-0.2, 0) is 23.7 Å². The van der Waals surface area contributed by atoms with Crippen LogP contribution in [0.5, 0.6) is 0 Å². The lowest BCUT2D eigenvalue weighted by molar-refractivity contribution is -0.345. The van der Waals surface area contributed by atoms with E-state index in [2.05, 4.69) is 26.1 Å². The number of ether oxygens (including phenoxy) is 4. The van der Waals surface area contributed by atoms with Gasteiger partial charge < -0.3 is 70.9 Å². The molecule has 8 unspecified atom stereocenters. The van der Waals surface area contributed by atoms with E-state index in [1.165, 1.54) is 6.08 Å². The summed E-state index contributed by atoms with van der Waals surface area (Å²) in [7, 11) is 0. The highest BCUT2D eigenvalue weighted by molar-refractivity contribution is 5.87. The van der Waals surface area contributed by atoms with Crippen LogP contribution in [0.3, 0.4) is 0 Å². The third-order valence-electron chi connectivity index (χ3n) is 10.1. The van der Waals surface area contributed by atoms with E-state index >= 15 is 0 Å². The fourth-order valence-corrected chi connectivity index (χ4v) is 6.63. The number of H-pyrrole nitrogens is 1. The second-order valence-corrected chi connectivity index (χ2v) is 15.0. The number of hydrogen-bond acceptors (Lipinski definition) is 16. The van der Waals surface area contributed by atoms with E-state index in [4.69, 9.17) is 24.7 Å². The maximum absolute atomic E-state index is 13.2. The molecule has 1 amide bonds. The first kappa shape index (κ1) is 42.1. The molecule has 12 N–H and O–H groups in total. The number of aliphatic hydroxyl groups excluding tert-OH is 8. The smallest absolute Gasteiger partial charge is 0.330 e. The van der Waals surface area contributed by atoms with Crippen molar-refractivity contribution in [2.45, 2.75) is 139 Å². The van der Waals surface area contributed by atoms with Gasteiger partial charge in [-0.15, -0.1) is 0 Å². The normalized spacial score (nSPS) is 38.4. The highest BCUT2D eigenvalue weighted by Crippen LogP contribution is 2.35. The molecular formula is C33H54N4O15. The quantitative estimate of drug-likeness (QED) is 0.0855. The average molecular weight is 747 g/mol. The molecule has 296 valence electrons. The number of amides is 1. The predicted octanol–water partition coefficient (Wildman–Crippen LogP) is -4.11. The first-order valence-corrected chi connectivity index (χ1v) is 17.3. The van der Waals surface area contributed by atoms with Crippen LogP contribution in [0.1, 0.15) is 53.7 Å². The van der Waals surface area contributed by atoms with E-state index in [0.717, 1.165) is 23.3 Å². The van der Waals surface area contributed by atoms with Crippen molar-refractivity contribution >= 4 is 5.91 Å². The molecule has 0 aliphatic carbocycles. The summed E-state index contributed by atoms with van der Waals surface area (Å²) in [5.74, 6) is 0.0786. The zero-order valence-corrected chi connectivity index (χ0v) is 29.7. The zero-order valence-electron chi connectivity index (χ0n) is 29.7. The highest BCUT2D eigenvalue weighted by Gasteiger charge is 2.52. The summed E-state index contributed by atoms with van der Waals surface area (Å²) in [6.07, 6.45) is -17.0. The summed E-state index contributed by atoms with van der Waals surface area (Å²) < 4.78 is 23.8. The first-order chi connectivity index (χ1) is 24.3. The molecule has 16 atom stereocenters. The van der Waals surface area contributed by atoms with Gasteiger partial charge in [0, 0.05) is 18.7 Å². The van der Waals surface area contributed by atoms with E-state index in [0.29, 0.717) is 11.8 Å². The Hall–Kier alpha value is -2.63. The lowest BCUT2D eigenvalue weighted by Gasteiger charge is -2.47. The van der Waals surface area contributed by atoms with Gasteiger partial charge in [-0.25, -0.2) is 4.79 Å². The van der Waals surface area contributed by atoms with E-state index in [9.17, 15) is 55.2 Å². The van der Waals surface area contributed by atoms with Gasteiger partial charge in [-0.2, -0.15) is 0 Å². The summed E-state index contributed by atoms with van der Waals surface area (Å²) in [5, 5.41) is 87.9. The monoisotopic (exact) mass is 746 g/mol. The Labute approximate surface area is 299 Å². The number of nitrogens with one attached hydrogen (secondary N) is 2. The van der Waals surface area contributed by atoms with E-state index in [1.54, 1.807) is 6.08 Å². The summed E-state index contributed by atoms with van der Waals surface area (Å²) in [5.41, 5.74) is 4.01. The molecule has 1 aromatic rings. The third kappa shape index (κ3) is 9.53. The van der Waals surface area contributed by atoms with Crippen LogP contribution in [0.4, 0.5) is 0 Å². The zero-order chi connectivity index (χ0) is 38.8. The van der Waals surface area contributed by atoms with Crippen molar-refractivity contribution in [3.63, 3.8) is 0 Å². The van der Waals surface area contributed by atoms with Crippen molar-refractivity contribution in [2.75, 3.05) is 6.61 Å². The van der Waals surface area contributed by atoms with Gasteiger partial charge in [0.1, 0.15) is 54.9 Å². The van der Waals surface area contributed by atoms with Crippen molar-refractivity contribution in [1.29, 1.82) is 0 Å². The third-order valence-corrected chi connectivity index (χ3v) is 10.1. The van der Waals surface area contributed by atoms with Crippen molar-refractivity contribution in [1.82, 2.24) is 14.9 Å². The van der Waals surface area contributed by atoms with Gasteiger partial charge in [0.25, 0.3) is 5.56 Å². The van der Waals surface area contributed by atoms with Crippen LogP contribution in [-0.4, -0.2) is 149 Å². The maximum Gasteiger partial charge on any atom is 0.330 e. The number of aromatic nitrogens is 2. The number of carbonyl (C=O) groups is 1. The second kappa shape index (κ2) is 17.2. The van der Waals surface area contributed by atoms with Crippen LogP contribution in [0, 0.1) is 17.3 Å². The molecule has 0 radical (unpaired) electrons. The predicted molar refractivity (Wildman–Crippen MR) is 179 cm³/mol.